The van der Waals surface area contributed by atoms with Crippen molar-refractivity contribution < 1.29 is 4.74 Å². The molecule has 0 saturated carbocycles. The first kappa shape index (κ1) is 12.9. The summed E-state index contributed by atoms with van der Waals surface area (Å²) < 4.78 is 5.40. The van der Waals surface area contributed by atoms with E-state index in [0.717, 1.165) is 23.4 Å². The summed E-state index contributed by atoms with van der Waals surface area (Å²) >= 11 is 6.39. The molecule has 0 aliphatic rings. The minimum Gasteiger partial charge on any atom is -0.494 e. The molecular weight excluding hydrogens is 246 g/mol. The molecule has 18 heavy (non-hydrogen) atoms. The van der Waals surface area contributed by atoms with Crippen LogP contribution in [0.4, 0.5) is 0 Å². The Morgan fingerprint density at radius 1 is 1.17 bits per heavy atom. The fraction of sp³-hybridized carbons (Fsp3) is 0.267. The van der Waals surface area contributed by atoms with Gasteiger partial charge in [0.2, 0.25) is 0 Å². The van der Waals surface area contributed by atoms with Gasteiger partial charge in [-0.25, -0.2) is 0 Å². The Hall–Kier alpha value is -1.54. The van der Waals surface area contributed by atoms with Crippen molar-refractivity contribution in [1.29, 1.82) is 0 Å². The van der Waals surface area contributed by atoms with Crippen molar-refractivity contribution in [1.82, 2.24) is 4.98 Å². The highest BCUT2D eigenvalue weighted by atomic mass is 35.5. The third-order valence-electron chi connectivity index (χ3n) is 2.67. The summed E-state index contributed by atoms with van der Waals surface area (Å²) in [5, 5.41) is -0.0597. The van der Waals surface area contributed by atoms with Crippen LogP contribution in [0.25, 0.3) is 0 Å². The van der Waals surface area contributed by atoms with Gasteiger partial charge in [0.1, 0.15) is 5.75 Å². The van der Waals surface area contributed by atoms with Gasteiger partial charge < -0.3 is 4.74 Å². The largest absolute Gasteiger partial charge is 0.494 e. The molecule has 0 saturated heterocycles. The van der Waals surface area contributed by atoms with E-state index in [1.165, 1.54) is 0 Å². The van der Waals surface area contributed by atoms with E-state index in [9.17, 15) is 0 Å². The highest BCUT2D eigenvalue weighted by Gasteiger charge is 2.09. The van der Waals surface area contributed by atoms with Crippen LogP contribution in [0.5, 0.6) is 5.75 Å². The van der Waals surface area contributed by atoms with E-state index < -0.39 is 0 Å². The predicted molar refractivity (Wildman–Crippen MR) is 74.1 cm³/mol. The van der Waals surface area contributed by atoms with Gasteiger partial charge in [0, 0.05) is 18.3 Å². The average molecular weight is 262 g/mol. The second-order valence-electron chi connectivity index (χ2n) is 3.99. The molecule has 1 aromatic carbocycles. The minimum absolute atomic E-state index is 0.0597. The van der Waals surface area contributed by atoms with Crippen LogP contribution in [0, 0.1) is 0 Å². The van der Waals surface area contributed by atoms with Crippen LogP contribution >= 0.6 is 11.6 Å². The fourth-order valence-electron chi connectivity index (χ4n) is 1.76. The van der Waals surface area contributed by atoms with Crippen LogP contribution in [-0.2, 0) is 6.42 Å². The molecule has 0 spiro atoms. The number of pyridine rings is 1. The summed E-state index contributed by atoms with van der Waals surface area (Å²) in [5.74, 6) is 0.878. The Kier molecular flexibility index (Phi) is 4.59. The zero-order valence-electron chi connectivity index (χ0n) is 10.3. The predicted octanol–water partition coefficient (Wildman–Crippen LogP) is 4.00. The highest BCUT2D eigenvalue weighted by molar-refractivity contribution is 6.20. The van der Waals surface area contributed by atoms with Crippen LogP contribution in [0.2, 0.25) is 0 Å². The summed E-state index contributed by atoms with van der Waals surface area (Å²) in [5.41, 5.74) is 2.09. The molecule has 94 valence electrons. The normalized spacial score (nSPS) is 12.1. The number of hydrogen-bond donors (Lipinski definition) is 0. The number of aromatic nitrogens is 1. The van der Waals surface area contributed by atoms with E-state index in [0.29, 0.717) is 6.61 Å². The van der Waals surface area contributed by atoms with Crippen molar-refractivity contribution in [3.8, 4) is 5.75 Å². The molecule has 0 radical (unpaired) electrons. The van der Waals surface area contributed by atoms with Gasteiger partial charge in [0.05, 0.1) is 12.0 Å². The van der Waals surface area contributed by atoms with Crippen LogP contribution < -0.4 is 4.74 Å². The maximum atomic E-state index is 6.39. The number of halogens is 1. The molecule has 0 aliphatic carbocycles. The zero-order chi connectivity index (χ0) is 12.8. The summed E-state index contributed by atoms with van der Waals surface area (Å²) in [7, 11) is 0. The van der Waals surface area contributed by atoms with Gasteiger partial charge in [-0.15, -0.1) is 11.6 Å². The van der Waals surface area contributed by atoms with Gasteiger partial charge in [-0.2, -0.15) is 0 Å². The maximum absolute atomic E-state index is 6.39. The van der Waals surface area contributed by atoms with Crippen molar-refractivity contribution in [2.75, 3.05) is 6.61 Å². The molecule has 0 bridgehead atoms. The molecule has 1 unspecified atom stereocenters. The van der Waals surface area contributed by atoms with Gasteiger partial charge in [-0.1, -0.05) is 18.2 Å². The van der Waals surface area contributed by atoms with Gasteiger partial charge in [0.25, 0.3) is 0 Å². The Balaban J connectivity index is 2.02. The SMILES string of the molecule is CCOc1ccc(C(Cl)Cc2ccccn2)cc1. The number of nitrogens with zero attached hydrogens (tertiary/aromatic N) is 1. The van der Waals surface area contributed by atoms with E-state index in [1.54, 1.807) is 6.20 Å². The number of ether oxygens (including phenoxy) is 1. The summed E-state index contributed by atoms with van der Waals surface area (Å²) in [6, 6.07) is 13.8. The average Bonchev–Trinajstić information content (AvgIpc) is 2.41. The Morgan fingerprint density at radius 3 is 2.56 bits per heavy atom. The first-order valence-corrected chi connectivity index (χ1v) is 6.50. The van der Waals surface area contributed by atoms with Crippen LogP contribution in [0.3, 0.4) is 0 Å². The van der Waals surface area contributed by atoms with Crippen molar-refractivity contribution in [3.05, 3.63) is 59.9 Å². The van der Waals surface area contributed by atoms with E-state index in [2.05, 4.69) is 4.98 Å². The molecule has 1 aromatic heterocycles. The second kappa shape index (κ2) is 6.41. The number of alkyl halides is 1. The molecule has 2 aromatic rings. The van der Waals surface area contributed by atoms with Gasteiger partial charge in [-0.05, 0) is 36.8 Å². The lowest BCUT2D eigenvalue weighted by molar-refractivity contribution is 0.340. The van der Waals surface area contributed by atoms with Gasteiger partial charge in [0.15, 0.2) is 0 Å². The summed E-state index contributed by atoms with van der Waals surface area (Å²) in [4.78, 5) is 4.28. The Labute approximate surface area is 113 Å². The third kappa shape index (κ3) is 3.47. The van der Waals surface area contributed by atoms with E-state index in [1.807, 2.05) is 49.4 Å². The fourth-order valence-corrected chi connectivity index (χ4v) is 2.06. The number of hydrogen-bond acceptors (Lipinski definition) is 2. The number of rotatable bonds is 5. The maximum Gasteiger partial charge on any atom is 0.119 e. The van der Waals surface area contributed by atoms with E-state index in [-0.39, 0.29) is 5.38 Å². The monoisotopic (exact) mass is 261 g/mol. The summed E-state index contributed by atoms with van der Waals surface area (Å²) in [6.07, 6.45) is 2.52. The smallest absolute Gasteiger partial charge is 0.119 e. The summed E-state index contributed by atoms with van der Waals surface area (Å²) in [6.45, 7) is 2.65. The lowest BCUT2D eigenvalue weighted by Crippen LogP contribution is -1.98. The standard InChI is InChI=1S/C15H16ClNO/c1-2-18-14-8-6-12(7-9-14)15(16)11-13-5-3-4-10-17-13/h3-10,15H,2,11H2,1H3. The second-order valence-corrected chi connectivity index (χ2v) is 4.52. The zero-order valence-corrected chi connectivity index (χ0v) is 11.1. The Morgan fingerprint density at radius 2 is 1.94 bits per heavy atom. The van der Waals surface area contributed by atoms with Gasteiger partial charge in [-0.3, -0.25) is 4.98 Å². The molecule has 2 nitrogen and oxygen atoms in total. The minimum atomic E-state index is -0.0597. The molecule has 0 amide bonds. The first-order chi connectivity index (χ1) is 8.79. The number of benzene rings is 1. The lowest BCUT2D eigenvalue weighted by atomic mass is 10.1. The van der Waals surface area contributed by atoms with Crippen molar-refractivity contribution in [3.63, 3.8) is 0 Å². The molecule has 2 rings (SSSR count). The molecule has 0 aliphatic heterocycles. The molecule has 1 heterocycles. The van der Waals surface area contributed by atoms with Crippen LogP contribution in [0.15, 0.2) is 48.7 Å². The molecule has 0 N–H and O–H groups in total. The Bertz CT molecular complexity index is 470. The lowest BCUT2D eigenvalue weighted by Gasteiger charge is -2.10. The molecular formula is C15H16ClNO. The van der Waals surface area contributed by atoms with E-state index >= 15 is 0 Å². The van der Waals surface area contributed by atoms with Crippen molar-refractivity contribution in [2.45, 2.75) is 18.7 Å². The quantitative estimate of drug-likeness (QED) is 0.759. The molecule has 1 atom stereocenters. The van der Waals surface area contributed by atoms with E-state index in [4.69, 9.17) is 16.3 Å². The third-order valence-corrected chi connectivity index (χ3v) is 3.07. The van der Waals surface area contributed by atoms with Crippen molar-refractivity contribution >= 4 is 11.6 Å². The molecule has 3 heteroatoms. The van der Waals surface area contributed by atoms with Crippen molar-refractivity contribution in [2.24, 2.45) is 0 Å². The first-order valence-electron chi connectivity index (χ1n) is 6.06. The highest BCUT2D eigenvalue weighted by Crippen LogP contribution is 2.26. The van der Waals surface area contributed by atoms with Crippen LogP contribution in [0.1, 0.15) is 23.6 Å². The molecule has 0 fully saturated rings. The van der Waals surface area contributed by atoms with Gasteiger partial charge >= 0.3 is 0 Å². The van der Waals surface area contributed by atoms with Crippen LogP contribution in [-0.4, -0.2) is 11.6 Å². The topological polar surface area (TPSA) is 22.1 Å².